The first kappa shape index (κ1) is 9.53. The molecule has 0 saturated carbocycles. The van der Waals surface area contributed by atoms with Crippen molar-refractivity contribution in [3.05, 3.63) is 12.2 Å². The molecule has 16 heavy (non-hydrogen) atoms. The SMILES string of the molecule is CC1CCOC1c1nc2ncnc(N)c2[nH]1. The number of H-pyrrole nitrogens is 1. The highest BCUT2D eigenvalue weighted by atomic mass is 16.5. The number of imidazole rings is 1. The average Bonchev–Trinajstić information content (AvgIpc) is 2.84. The number of nitrogens with one attached hydrogen (secondary N) is 1. The lowest BCUT2D eigenvalue weighted by molar-refractivity contribution is 0.0882. The third-order valence-corrected chi connectivity index (χ3v) is 2.99. The number of ether oxygens (including phenoxy) is 1. The van der Waals surface area contributed by atoms with Gasteiger partial charge < -0.3 is 15.5 Å². The van der Waals surface area contributed by atoms with E-state index in [2.05, 4.69) is 26.9 Å². The summed E-state index contributed by atoms with van der Waals surface area (Å²) in [6.45, 7) is 2.93. The number of fused-ring (bicyclic) bond motifs is 1. The van der Waals surface area contributed by atoms with Crippen molar-refractivity contribution >= 4 is 17.0 Å². The van der Waals surface area contributed by atoms with Crippen LogP contribution < -0.4 is 5.73 Å². The molecule has 2 atom stereocenters. The molecule has 3 N–H and O–H groups in total. The summed E-state index contributed by atoms with van der Waals surface area (Å²) in [5.74, 6) is 1.69. The maximum atomic E-state index is 5.74. The molecule has 1 fully saturated rings. The minimum Gasteiger partial charge on any atom is -0.382 e. The maximum absolute atomic E-state index is 5.74. The molecule has 0 aromatic carbocycles. The molecule has 2 unspecified atom stereocenters. The molecule has 3 rings (SSSR count). The molecule has 6 nitrogen and oxygen atoms in total. The Bertz CT molecular complexity index is 523. The quantitative estimate of drug-likeness (QED) is 0.747. The van der Waals surface area contributed by atoms with Crippen LogP contribution in [0.3, 0.4) is 0 Å². The first-order chi connectivity index (χ1) is 7.75. The summed E-state index contributed by atoms with van der Waals surface area (Å²) in [6, 6.07) is 0. The van der Waals surface area contributed by atoms with Crippen molar-refractivity contribution in [2.45, 2.75) is 19.4 Å². The van der Waals surface area contributed by atoms with Gasteiger partial charge in [-0.1, -0.05) is 6.92 Å². The number of rotatable bonds is 1. The number of aromatic amines is 1. The van der Waals surface area contributed by atoms with Crippen LogP contribution in [0.2, 0.25) is 0 Å². The summed E-state index contributed by atoms with van der Waals surface area (Å²) in [5.41, 5.74) is 7.04. The second kappa shape index (κ2) is 3.41. The average molecular weight is 219 g/mol. The van der Waals surface area contributed by atoms with Gasteiger partial charge >= 0.3 is 0 Å². The molecule has 2 aromatic heterocycles. The van der Waals surface area contributed by atoms with Gasteiger partial charge in [-0.2, -0.15) is 0 Å². The predicted molar refractivity (Wildman–Crippen MR) is 58.6 cm³/mol. The summed E-state index contributed by atoms with van der Waals surface area (Å²) >= 11 is 0. The van der Waals surface area contributed by atoms with E-state index < -0.39 is 0 Å². The molecule has 6 heteroatoms. The molecule has 1 aliphatic heterocycles. The third-order valence-electron chi connectivity index (χ3n) is 2.99. The Hall–Kier alpha value is -1.69. The molecule has 0 aliphatic carbocycles. The molecule has 0 bridgehead atoms. The van der Waals surface area contributed by atoms with Crippen molar-refractivity contribution in [1.29, 1.82) is 0 Å². The van der Waals surface area contributed by atoms with Gasteiger partial charge in [0.15, 0.2) is 11.5 Å². The first-order valence-corrected chi connectivity index (χ1v) is 5.33. The molecular formula is C10H13N5O. The molecule has 0 amide bonds. The van der Waals surface area contributed by atoms with E-state index in [0.717, 1.165) is 18.9 Å². The summed E-state index contributed by atoms with van der Waals surface area (Å²) in [7, 11) is 0. The van der Waals surface area contributed by atoms with Gasteiger partial charge in [0.25, 0.3) is 0 Å². The Morgan fingerprint density at radius 3 is 3.06 bits per heavy atom. The van der Waals surface area contributed by atoms with E-state index in [1.54, 1.807) is 0 Å². The lowest BCUT2D eigenvalue weighted by atomic mass is 10.0. The van der Waals surface area contributed by atoms with Crippen LogP contribution in [0, 0.1) is 5.92 Å². The highest BCUT2D eigenvalue weighted by Gasteiger charge is 2.28. The molecule has 1 aliphatic rings. The molecule has 0 radical (unpaired) electrons. The van der Waals surface area contributed by atoms with Crippen LogP contribution in [-0.2, 0) is 4.74 Å². The Balaban J connectivity index is 2.08. The molecule has 3 heterocycles. The number of aromatic nitrogens is 4. The smallest absolute Gasteiger partial charge is 0.183 e. The maximum Gasteiger partial charge on any atom is 0.183 e. The van der Waals surface area contributed by atoms with Gasteiger partial charge in [-0.25, -0.2) is 15.0 Å². The van der Waals surface area contributed by atoms with Gasteiger partial charge in [0.1, 0.15) is 23.8 Å². The summed E-state index contributed by atoms with van der Waals surface area (Å²) < 4.78 is 5.64. The number of hydrogen-bond donors (Lipinski definition) is 2. The zero-order valence-corrected chi connectivity index (χ0v) is 8.97. The number of nitrogens with two attached hydrogens (primary N) is 1. The van der Waals surface area contributed by atoms with E-state index in [0.29, 0.717) is 22.9 Å². The van der Waals surface area contributed by atoms with Crippen LogP contribution in [0.25, 0.3) is 11.2 Å². The molecule has 0 spiro atoms. The van der Waals surface area contributed by atoms with Gasteiger partial charge in [-0.3, -0.25) is 0 Å². The fraction of sp³-hybridized carbons (Fsp3) is 0.500. The summed E-state index contributed by atoms with van der Waals surface area (Å²) in [4.78, 5) is 15.5. The van der Waals surface area contributed by atoms with Gasteiger partial charge in [0, 0.05) is 6.61 Å². The van der Waals surface area contributed by atoms with E-state index in [4.69, 9.17) is 10.5 Å². The van der Waals surface area contributed by atoms with Crippen LogP contribution in [0.1, 0.15) is 25.3 Å². The zero-order chi connectivity index (χ0) is 11.1. The van der Waals surface area contributed by atoms with Crippen molar-refractivity contribution in [2.75, 3.05) is 12.3 Å². The topological polar surface area (TPSA) is 89.7 Å². The van der Waals surface area contributed by atoms with Gasteiger partial charge in [-0.05, 0) is 12.3 Å². The third kappa shape index (κ3) is 1.34. The highest BCUT2D eigenvalue weighted by Crippen LogP contribution is 2.33. The van der Waals surface area contributed by atoms with E-state index in [1.807, 2.05) is 0 Å². The van der Waals surface area contributed by atoms with E-state index in [1.165, 1.54) is 6.33 Å². The van der Waals surface area contributed by atoms with Gasteiger partial charge in [0.2, 0.25) is 0 Å². The van der Waals surface area contributed by atoms with Gasteiger partial charge in [-0.15, -0.1) is 0 Å². The minimum atomic E-state index is 0.0219. The largest absolute Gasteiger partial charge is 0.382 e. The predicted octanol–water partition coefficient (Wildman–Crippen LogP) is 1.03. The highest BCUT2D eigenvalue weighted by molar-refractivity contribution is 5.81. The monoisotopic (exact) mass is 219 g/mol. The fourth-order valence-corrected chi connectivity index (χ4v) is 2.04. The molecular weight excluding hydrogens is 206 g/mol. The number of nitrogen functional groups attached to an aromatic ring is 1. The molecule has 84 valence electrons. The van der Waals surface area contributed by atoms with Crippen molar-refractivity contribution in [1.82, 2.24) is 19.9 Å². The molecule has 1 saturated heterocycles. The molecule has 2 aromatic rings. The summed E-state index contributed by atoms with van der Waals surface area (Å²) in [6.07, 6.45) is 2.50. The normalized spacial score (nSPS) is 25.3. The standard InChI is InChI=1S/C10H13N5O/c1-5-2-3-16-7(5)10-14-6-8(11)12-4-13-9(6)15-10/h4-5,7H,2-3H2,1H3,(H3,11,12,13,14,15). The minimum absolute atomic E-state index is 0.0219. The van der Waals surface area contributed by atoms with Crippen molar-refractivity contribution in [3.63, 3.8) is 0 Å². The van der Waals surface area contributed by atoms with E-state index in [9.17, 15) is 0 Å². The van der Waals surface area contributed by atoms with Crippen molar-refractivity contribution < 1.29 is 4.74 Å². The lowest BCUT2D eigenvalue weighted by Crippen LogP contribution is -2.05. The van der Waals surface area contributed by atoms with Gasteiger partial charge in [0.05, 0.1) is 0 Å². The second-order valence-corrected chi connectivity index (χ2v) is 4.14. The van der Waals surface area contributed by atoms with Crippen LogP contribution in [0.4, 0.5) is 5.82 Å². The Morgan fingerprint density at radius 1 is 1.50 bits per heavy atom. The lowest BCUT2D eigenvalue weighted by Gasteiger charge is -2.10. The van der Waals surface area contributed by atoms with Crippen LogP contribution in [-0.4, -0.2) is 26.5 Å². The van der Waals surface area contributed by atoms with Crippen LogP contribution in [0.15, 0.2) is 6.33 Å². The van der Waals surface area contributed by atoms with Crippen molar-refractivity contribution in [2.24, 2.45) is 5.92 Å². The zero-order valence-electron chi connectivity index (χ0n) is 8.97. The van der Waals surface area contributed by atoms with Crippen LogP contribution >= 0.6 is 0 Å². The number of nitrogens with zero attached hydrogens (tertiary/aromatic N) is 3. The fourth-order valence-electron chi connectivity index (χ4n) is 2.04. The Morgan fingerprint density at radius 2 is 2.38 bits per heavy atom. The first-order valence-electron chi connectivity index (χ1n) is 5.33. The van der Waals surface area contributed by atoms with Crippen molar-refractivity contribution in [3.8, 4) is 0 Å². The second-order valence-electron chi connectivity index (χ2n) is 4.14. The number of anilines is 1. The Kier molecular flexibility index (Phi) is 2.03. The summed E-state index contributed by atoms with van der Waals surface area (Å²) in [5, 5.41) is 0. The number of hydrogen-bond acceptors (Lipinski definition) is 5. The van der Waals surface area contributed by atoms with Crippen LogP contribution in [0.5, 0.6) is 0 Å². The van der Waals surface area contributed by atoms with E-state index >= 15 is 0 Å². The van der Waals surface area contributed by atoms with E-state index in [-0.39, 0.29) is 6.10 Å². The Labute approximate surface area is 92.3 Å².